The number of hydrogen-bond donors (Lipinski definition) is 1. The van der Waals surface area contributed by atoms with E-state index in [9.17, 15) is 9.59 Å². The van der Waals surface area contributed by atoms with Gasteiger partial charge in [-0.1, -0.05) is 6.92 Å². The summed E-state index contributed by atoms with van der Waals surface area (Å²) >= 11 is 1.61. The number of carbonyl (C=O) groups excluding carboxylic acids is 1. The van der Waals surface area contributed by atoms with E-state index in [4.69, 9.17) is 4.74 Å². The van der Waals surface area contributed by atoms with Crippen molar-refractivity contribution in [3.8, 4) is 0 Å². The summed E-state index contributed by atoms with van der Waals surface area (Å²) in [6, 6.07) is 1.61. The average molecular weight is 269 g/mol. The minimum Gasteiger partial charge on any atom is -0.364 e. The largest absolute Gasteiger partial charge is 0.364 e. The van der Waals surface area contributed by atoms with E-state index >= 15 is 0 Å². The van der Waals surface area contributed by atoms with Crippen LogP contribution in [0.4, 0.5) is 5.82 Å². The lowest BCUT2D eigenvalue weighted by Crippen LogP contribution is -2.26. The third kappa shape index (κ3) is 2.91. The third-order valence-corrected chi connectivity index (χ3v) is 3.96. The van der Waals surface area contributed by atoms with E-state index in [1.54, 1.807) is 24.0 Å². The zero-order valence-corrected chi connectivity index (χ0v) is 11.1. The zero-order valence-electron chi connectivity index (χ0n) is 10.3. The Kier molecular flexibility index (Phi) is 4.03. The van der Waals surface area contributed by atoms with Crippen molar-refractivity contribution in [2.75, 3.05) is 11.9 Å². The van der Waals surface area contributed by atoms with Crippen molar-refractivity contribution in [3.63, 3.8) is 0 Å². The quantitative estimate of drug-likeness (QED) is 0.892. The van der Waals surface area contributed by atoms with Gasteiger partial charge in [0.1, 0.15) is 16.6 Å². The Morgan fingerprint density at radius 1 is 1.72 bits per heavy atom. The molecule has 2 rings (SSSR count). The van der Waals surface area contributed by atoms with Gasteiger partial charge >= 0.3 is 5.69 Å². The SMILES string of the molecule is CC[C@H]1OCC(n2ccc(NC(C)=O)nc2=O)S1. The normalized spacial score (nSPS) is 23.0. The topological polar surface area (TPSA) is 73.2 Å². The van der Waals surface area contributed by atoms with Crippen LogP contribution in [0.1, 0.15) is 25.6 Å². The van der Waals surface area contributed by atoms with Crippen LogP contribution >= 0.6 is 11.8 Å². The molecule has 0 radical (unpaired) electrons. The van der Waals surface area contributed by atoms with Gasteiger partial charge in [0.25, 0.3) is 0 Å². The summed E-state index contributed by atoms with van der Waals surface area (Å²) in [5.41, 5.74) is -0.240. The van der Waals surface area contributed by atoms with Gasteiger partial charge in [-0.25, -0.2) is 4.79 Å². The highest BCUT2D eigenvalue weighted by Crippen LogP contribution is 2.35. The molecular formula is C11H15N3O3S. The Morgan fingerprint density at radius 3 is 3.06 bits per heavy atom. The number of rotatable bonds is 3. The van der Waals surface area contributed by atoms with E-state index in [1.807, 2.05) is 6.92 Å². The molecule has 2 heterocycles. The molecule has 1 saturated heterocycles. The zero-order chi connectivity index (χ0) is 13.1. The highest BCUT2D eigenvalue weighted by atomic mass is 32.2. The van der Waals surface area contributed by atoms with Crippen molar-refractivity contribution in [2.24, 2.45) is 0 Å². The Bertz CT molecular complexity index is 503. The molecule has 1 amide bonds. The molecule has 6 nitrogen and oxygen atoms in total. The van der Waals surface area contributed by atoms with Crippen LogP contribution < -0.4 is 11.0 Å². The second kappa shape index (κ2) is 5.53. The maximum atomic E-state index is 11.8. The molecule has 1 aliphatic heterocycles. The van der Waals surface area contributed by atoms with Gasteiger partial charge in [-0.2, -0.15) is 4.98 Å². The summed E-state index contributed by atoms with van der Waals surface area (Å²) < 4.78 is 7.06. The van der Waals surface area contributed by atoms with Crippen molar-refractivity contribution in [3.05, 3.63) is 22.7 Å². The number of nitrogens with one attached hydrogen (secondary N) is 1. The van der Waals surface area contributed by atoms with Crippen LogP contribution in [0, 0.1) is 0 Å². The summed E-state index contributed by atoms with van der Waals surface area (Å²) in [6.45, 7) is 3.92. The molecule has 7 heteroatoms. The van der Waals surface area contributed by atoms with Crippen molar-refractivity contribution in [1.29, 1.82) is 0 Å². The number of anilines is 1. The molecule has 2 atom stereocenters. The molecule has 1 N–H and O–H groups in total. The first-order valence-corrected chi connectivity index (χ1v) is 6.68. The number of ether oxygens (including phenoxy) is 1. The minimum absolute atomic E-state index is 0.0404. The lowest BCUT2D eigenvalue weighted by molar-refractivity contribution is -0.114. The maximum Gasteiger partial charge on any atom is 0.350 e. The van der Waals surface area contributed by atoms with E-state index in [-0.39, 0.29) is 28.2 Å². The fraction of sp³-hybridized carbons (Fsp3) is 0.545. The number of hydrogen-bond acceptors (Lipinski definition) is 5. The second-order valence-electron chi connectivity index (χ2n) is 3.95. The van der Waals surface area contributed by atoms with Crippen molar-refractivity contribution < 1.29 is 9.53 Å². The molecule has 1 aromatic rings. The van der Waals surface area contributed by atoms with E-state index in [0.717, 1.165) is 6.42 Å². The van der Waals surface area contributed by atoms with E-state index in [2.05, 4.69) is 10.3 Å². The smallest absolute Gasteiger partial charge is 0.350 e. The predicted octanol–water partition coefficient (Wildman–Crippen LogP) is 1.20. The van der Waals surface area contributed by atoms with Crippen LogP contribution in [0.5, 0.6) is 0 Å². The molecule has 18 heavy (non-hydrogen) atoms. The lowest BCUT2D eigenvalue weighted by Gasteiger charge is -2.11. The van der Waals surface area contributed by atoms with Crippen LogP contribution in [0.3, 0.4) is 0 Å². The summed E-state index contributed by atoms with van der Waals surface area (Å²) in [5.74, 6) is 0.0315. The highest BCUT2D eigenvalue weighted by molar-refractivity contribution is 8.00. The Morgan fingerprint density at radius 2 is 2.50 bits per heavy atom. The van der Waals surface area contributed by atoms with Gasteiger partial charge in [-0.3, -0.25) is 9.36 Å². The molecule has 1 unspecified atom stereocenters. The maximum absolute atomic E-state index is 11.8. The van der Waals surface area contributed by atoms with Gasteiger partial charge in [-0.15, -0.1) is 11.8 Å². The summed E-state index contributed by atoms with van der Waals surface area (Å²) in [7, 11) is 0. The molecule has 0 spiro atoms. The van der Waals surface area contributed by atoms with Crippen molar-refractivity contribution in [2.45, 2.75) is 31.1 Å². The number of carbonyl (C=O) groups is 1. The lowest BCUT2D eigenvalue weighted by atomic mass is 10.5. The van der Waals surface area contributed by atoms with E-state index < -0.39 is 0 Å². The predicted molar refractivity (Wildman–Crippen MR) is 69.5 cm³/mol. The van der Waals surface area contributed by atoms with Crippen LogP contribution in [0.2, 0.25) is 0 Å². The first-order chi connectivity index (χ1) is 8.60. The Hall–Kier alpha value is -1.34. The van der Waals surface area contributed by atoms with Crippen LogP contribution in [0.25, 0.3) is 0 Å². The molecule has 0 saturated carbocycles. The molecule has 1 fully saturated rings. The van der Waals surface area contributed by atoms with Gasteiger partial charge in [0, 0.05) is 13.1 Å². The molecule has 1 aromatic heterocycles. The van der Waals surface area contributed by atoms with Gasteiger partial charge in [0.2, 0.25) is 5.91 Å². The monoisotopic (exact) mass is 269 g/mol. The molecule has 0 aromatic carbocycles. The fourth-order valence-electron chi connectivity index (χ4n) is 1.69. The van der Waals surface area contributed by atoms with Gasteiger partial charge < -0.3 is 10.1 Å². The van der Waals surface area contributed by atoms with Crippen molar-refractivity contribution in [1.82, 2.24) is 9.55 Å². The molecule has 1 aliphatic rings. The average Bonchev–Trinajstić information content (AvgIpc) is 2.76. The van der Waals surface area contributed by atoms with E-state index in [0.29, 0.717) is 6.61 Å². The van der Waals surface area contributed by atoms with E-state index in [1.165, 1.54) is 11.5 Å². The summed E-state index contributed by atoms with van der Waals surface area (Å²) in [6.07, 6.45) is 2.55. The number of aromatic nitrogens is 2. The minimum atomic E-state index is -0.376. The van der Waals surface area contributed by atoms with Crippen LogP contribution in [-0.2, 0) is 9.53 Å². The third-order valence-electron chi connectivity index (χ3n) is 2.51. The number of thioether (sulfide) groups is 1. The first-order valence-electron chi connectivity index (χ1n) is 5.74. The molecular weight excluding hydrogens is 254 g/mol. The van der Waals surface area contributed by atoms with Gasteiger partial charge in [0.15, 0.2) is 0 Å². The Balaban J connectivity index is 2.15. The molecule has 0 aliphatic carbocycles. The van der Waals surface area contributed by atoms with Crippen LogP contribution in [0.15, 0.2) is 17.1 Å². The van der Waals surface area contributed by atoms with Crippen LogP contribution in [-0.4, -0.2) is 27.5 Å². The fourth-order valence-corrected chi connectivity index (χ4v) is 2.83. The Labute approximate surface area is 109 Å². The molecule has 0 bridgehead atoms. The number of nitrogens with zero attached hydrogens (tertiary/aromatic N) is 2. The molecule has 98 valence electrons. The van der Waals surface area contributed by atoms with Gasteiger partial charge in [-0.05, 0) is 12.5 Å². The van der Waals surface area contributed by atoms with Gasteiger partial charge in [0.05, 0.1) is 6.61 Å². The second-order valence-corrected chi connectivity index (χ2v) is 5.29. The highest BCUT2D eigenvalue weighted by Gasteiger charge is 2.26. The van der Waals surface area contributed by atoms with Crippen molar-refractivity contribution >= 4 is 23.5 Å². The number of amides is 1. The summed E-state index contributed by atoms with van der Waals surface area (Å²) in [5, 5.41) is 2.44. The standard InChI is InChI=1S/C11H15N3O3S/c1-3-10-17-6-9(18-10)14-5-4-8(12-7(2)15)13-11(14)16/h4-5,9-10H,3,6H2,1-2H3,(H,12,13,15,16)/t9?,10-/m0/s1. The summed E-state index contributed by atoms with van der Waals surface area (Å²) in [4.78, 5) is 26.5. The first kappa shape index (κ1) is 13.1.